The molecule has 3 aromatic heterocycles. The predicted molar refractivity (Wildman–Crippen MR) is 116 cm³/mol. The molecule has 0 fully saturated rings. The van der Waals surface area contributed by atoms with Crippen molar-refractivity contribution in [3.63, 3.8) is 0 Å². The third-order valence-electron chi connectivity index (χ3n) is 4.73. The van der Waals surface area contributed by atoms with Crippen LogP contribution in [0, 0.1) is 0 Å². The Bertz CT molecular complexity index is 1370. The first-order valence-corrected chi connectivity index (χ1v) is 9.44. The Hall–Kier alpha value is -3.72. The number of aryl methyl sites for hydroxylation is 2. The van der Waals surface area contributed by atoms with Crippen LogP contribution in [0.5, 0.6) is 0 Å². The quantitative estimate of drug-likeness (QED) is 0.391. The van der Waals surface area contributed by atoms with Gasteiger partial charge >= 0.3 is 5.69 Å². The van der Waals surface area contributed by atoms with Crippen LogP contribution >= 0.6 is 11.6 Å². The van der Waals surface area contributed by atoms with Gasteiger partial charge in [0.25, 0.3) is 5.56 Å². The van der Waals surface area contributed by atoms with Crippen molar-refractivity contribution in [2.24, 2.45) is 19.2 Å². The average molecular weight is 424 g/mol. The lowest BCUT2D eigenvalue weighted by molar-refractivity contribution is 0.655. The summed E-state index contributed by atoms with van der Waals surface area (Å²) in [6.07, 6.45) is 4.93. The second kappa shape index (κ2) is 7.96. The summed E-state index contributed by atoms with van der Waals surface area (Å²) in [5.41, 5.74) is 3.98. The number of hydrogen-bond acceptors (Lipinski definition) is 6. The van der Waals surface area contributed by atoms with Gasteiger partial charge in [-0.15, -0.1) is 0 Å². The van der Waals surface area contributed by atoms with Crippen molar-refractivity contribution < 1.29 is 0 Å². The van der Waals surface area contributed by atoms with Crippen LogP contribution in [0.25, 0.3) is 11.2 Å². The molecule has 1 N–H and O–H groups in total. The van der Waals surface area contributed by atoms with Crippen molar-refractivity contribution in [2.45, 2.75) is 6.54 Å². The van der Waals surface area contributed by atoms with E-state index < -0.39 is 11.2 Å². The van der Waals surface area contributed by atoms with Gasteiger partial charge < -0.3 is 4.57 Å². The highest BCUT2D eigenvalue weighted by atomic mass is 35.5. The van der Waals surface area contributed by atoms with E-state index in [1.54, 1.807) is 67.6 Å². The van der Waals surface area contributed by atoms with Gasteiger partial charge in [-0.1, -0.05) is 29.8 Å². The number of nitrogens with zero attached hydrogens (tertiary/aromatic N) is 6. The Morgan fingerprint density at radius 1 is 1.10 bits per heavy atom. The molecule has 4 aromatic rings. The summed E-state index contributed by atoms with van der Waals surface area (Å²) in [5, 5.41) is 4.64. The van der Waals surface area contributed by atoms with Crippen molar-refractivity contribution >= 4 is 34.9 Å². The number of hydrogen-bond donors (Lipinski definition) is 1. The summed E-state index contributed by atoms with van der Waals surface area (Å²) in [5.74, 6) is 0.331. The van der Waals surface area contributed by atoms with Gasteiger partial charge in [0.2, 0.25) is 5.95 Å². The number of benzene rings is 1. The molecule has 0 amide bonds. The predicted octanol–water partition coefficient (Wildman–Crippen LogP) is 1.98. The number of imidazole rings is 1. The van der Waals surface area contributed by atoms with E-state index in [4.69, 9.17) is 11.6 Å². The topological polar surface area (TPSA) is 99.1 Å². The van der Waals surface area contributed by atoms with Gasteiger partial charge in [0.05, 0.1) is 12.8 Å². The number of anilines is 1. The summed E-state index contributed by atoms with van der Waals surface area (Å²) in [7, 11) is 3.26. The van der Waals surface area contributed by atoms with E-state index in [1.807, 2.05) is 6.07 Å². The van der Waals surface area contributed by atoms with Crippen LogP contribution in [0.15, 0.2) is 63.5 Å². The molecule has 152 valence electrons. The Labute approximate surface area is 175 Å². The Morgan fingerprint density at radius 3 is 2.57 bits per heavy atom. The van der Waals surface area contributed by atoms with E-state index in [2.05, 4.69) is 20.5 Å². The highest BCUT2D eigenvalue weighted by molar-refractivity contribution is 6.31. The molecule has 3 heterocycles. The van der Waals surface area contributed by atoms with Crippen LogP contribution in [0.3, 0.4) is 0 Å². The Balaban J connectivity index is 1.76. The SMILES string of the molecule is Cn1c(N/N=C/c2ccncc2)nc2c1c(=O)n(Cc1ccccc1Cl)c(=O)n2C. The normalized spacial score (nSPS) is 11.4. The third kappa shape index (κ3) is 3.50. The number of aromatic nitrogens is 5. The minimum absolute atomic E-state index is 0.0647. The van der Waals surface area contributed by atoms with E-state index in [-0.39, 0.29) is 17.7 Å². The summed E-state index contributed by atoms with van der Waals surface area (Å²) >= 11 is 6.21. The maximum Gasteiger partial charge on any atom is 0.332 e. The standard InChI is InChI=1S/C20H18ClN7O2/c1-26-16-17(24-19(26)25-23-11-13-7-9-22-10-8-13)27(2)20(30)28(18(16)29)12-14-5-3-4-6-15(14)21/h3-11H,12H2,1-2H3,(H,24,25)/b23-11+. The lowest BCUT2D eigenvalue weighted by atomic mass is 10.2. The molecule has 0 radical (unpaired) electrons. The van der Waals surface area contributed by atoms with Gasteiger partial charge in [0, 0.05) is 31.5 Å². The molecule has 30 heavy (non-hydrogen) atoms. The molecule has 9 nitrogen and oxygen atoms in total. The van der Waals surface area contributed by atoms with Crippen molar-refractivity contribution in [1.29, 1.82) is 0 Å². The number of pyridine rings is 1. The second-order valence-electron chi connectivity index (χ2n) is 6.64. The number of nitrogens with one attached hydrogen (secondary N) is 1. The summed E-state index contributed by atoms with van der Waals surface area (Å²) in [4.78, 5) is 34.3. The summed E-state index contributed by atoms with van der Waals surface area (Å²) < 4.78 is 4.06. The van der Waals surface area contributed by atoms with Crippen LogP contribution in [0.1, 0.15) is 11.1 Å². The zero-order valence-electron chi connectivity index (χ0n) is 16.3. The van der Waals surface area contributed by atoms with E-state index >= 15 is 0 Å². The molecule has 4 rings (SSSR count). The first-order valence-electron chi connectivity index (χ1n) is 9.06. The molecule has 1 aromatic carbocycles. The maximum absolute atomic E-state index is 13.1. The largest absolute Gasteiger partial charge is 0.332 e. The summed E-state index contributed by atoms with van der Waals surface area (Å²) in [6.45, 7) is 0.0647. The number of halogens is 1. The lowest BCUT2D eigenvalue weighted by Gasteiger charge is -2.09. The zero-order chi connectivity index (χ0) is 21.3. The van der Waals surface area contributed by atoms with Crippen molar-refractivity contribution in [2.75, 3.05) is 5.43 Å². The minimum Gasteiger partial charge on any atom is -0.306 e. The van der Waals surface area contributed by atoms with Gasteiger partial charge in [-0.3, -0.25) is 18.9 Å². The highest BCUT2D eigenvalue weighted by Gasteiger charge is 2.19. The van der Waals surface area contributed by atoms with Gasteiger partial charge in [-0.2, -0.15) is 10.1 Å². The monoisotopic (exact) mass is 423 g/mol. The van der Waals surface area contributed by atoms with E-state index in [0.717, 1.165) is 10.1 Å². The fourth-order valence-corrected chi connectivity index (χ4v) is 3.29. The van der Waals surface area contributed by atoms with Crippen LogP contribution in [-0.4, -0.2) is 29.9 Å². The minimum atomic E-state index is -0.475. The van der Waals surface area contributed by atoms with Crippen LogP contribution in [0.4, 0.5) is 5.95 Å². The van der Waals surface area contributed by atoms with Crippen LogP contribution < -0.4 is 16.7 Å². The number of rotatable bonds is 5. The smallest absolute Gasteiger partial charge is 0.306 e. The molecule has 0 aliphatic rings. The second-order valence-corrected chi connectivity index (χ2v) is 7.05. The number of hydrazone groups is 1. The van der Waals surface area contributed by atoms with E-state index in [1.165, 1.54) is 4.57 Å². The van der Waals surface area contributed by atoms with Gasteiger partial charge in [0.15, 0.2) is 11.2 Å². The summed E-state index contributed by atoms with van der Waals surface area (Å²) in [6, 6.07) is 10.7. The van der Waals surface area contributed by atoms with Gasteiger partial charge in [-0.25, -0.2) is 10.2 Å². The molecular weight excluding hydrogens is 406 g/mol. The average Bonchev–Trinajstić information content (AvgIpc) is 3.08. The maximum atomic E-state index is 13.1. The molecule has 0 spiro atoms. The van der Waals surface area contributed by atoms with Crippen LogP contribution in [0.2, 0.25) is 5.02 Å². The first-order chi connectivity index (χ1) is 14.5. The Morgan fingerprint density at radius 2 is 1.83 bits per heavy atom. The van der Waals surface area contributed by atoms with Crippen molar-refractivity contribution in [3.8, 4) is 0 Å². The molecule has 0 unspecified atom stereocenters. The van der Waals surface area contributed by atoms with Crippen molar-refractivity contribution in [1.82, 2.24) is 23.7 Å². The van der Waals surface area contributed by atoms with Crippen LogP contribution in [-0.2, 0) is 20.6 Å². The molecule has 0 saturated carbocycles. The molecule has 0 bridgehead atoms. The molecule has 10 heteroatoms. The van der Waals surface area contributed by atoms with Gasteiger partial charge in [0.1, 0.15) is 0 Å². The molecule has 0 aliphatic heterocycles. The first kappa shape index (κ1) is 19.6. The molecular formula is C20H18ClN7O2. The third-order valence-corrected chi connectivity index (χ3v) is 5.10. The Kier molecular flexibility index (Phi) is 5.20. The molecule has 0 aliphatic carbocycles. The highest BCUT2D eigenvalue weighted by Crippen LogP contribution is 2.17. The molecule has 0 atom stereocenters. The lowest BCUT2D eigenvalue weighted by Crippen LogP contribution is -2.39. The fourth-order valence-electron chi connectivity index (χ4n) is 3.09. The zero-order valence-corrected chi connectivity index (χ0v) is 17.0. The number of fused-ring (bicyclic) bond motifs is 1. The van der Waals surface area contributed by atoms with E-state index in [9.17, 15) is 9.59 Å². The van der Waals surface area contributed by atoms with E-state index in [0.29, 0.717) is 16.5 Å². The van der Waals surface area contributed by atoms with Crippen molar-refractivity contribution in [3.05, 3.63) is 85.8 Å². The van der Waals surface area contributed by atoms with Gasteiger partial charge in [-0.05, 0) is 29.3 Å². The molecule has 0 saturated heterocycles. The fraction of sp³-hybridized carbons (Fsp3) is 0.150.